The Kier molecular flexibility index (Phi) is 6.18. The number of nitrogens with zero attached hydrogens (tertiary/aromatic N) is 5. The molecule has 9 aromatic rings. The Morgan fingerprint density at radius 1 is 0.468 bits per heavy atom. The predicted molar refractivity (Wildman–Crippen MR) is 193 cm³/mol. The van der Waals surface area contributed by atoms with Crippen LogP contribution in [-0.2, 0) is 0 Å². The molecule has 0 atom stereocenters. The van der Waals surface area contributed by atoms with Crippen molar-refractivity contribution in [3.63, 3.8) is 0 Å². The van der Waals surface area contributed by atoms with Gasteiger partial charge in [-0.15, -0.1) is 0 Å². The molecule has 0 radical (unpaired) electrons. The lowest BCUT2D eigenvalue weighted by Crippen LogP contribution is -2.01. The highest BCUT2D eigenvalue weighted by atomic mass is 15.1. The summed E-state index contributed by atoms with van der Waals surface area (Å²) in [5.74, 6) is 0.900. The van der Waals surface area contributed by atoms with E-state index < -0.39 is 0 Å². The monoisotopic (exact) mass is 603 g/mol. The van der Waals surface area contributed by atoms with E-state index in [-0.39, 0.29) is 0 Å². The van der Waals surface area contributed by atoms with Crippen molar-refractivity contribution >= 4 is 43.2 Å². The van der Waals surface area contributed by atoms with E-state index in [4.69, 9.17) is 9.97 Å². The van der Waals surface area contributed by atoms with Crippen molar-refractivity contribution in [2.75, 3.05) is 0 Å². The van der Waals surface area contributed by atoms with E-state index in [2.05, 4.69) is 119 Å². The molecule has 4 aromatic carbocycles. The normalized spacial score (nSPS) is 11.6. The van der Waals surface area contributed by atoms with Crippen LogP contribution < -0.4 is 0 Å². The van der Waals surface area contributed by atoms with E-state index in [9.17, 15) is 0 Å². The molecular formula is C42H29N5. The zero-order valence-corrected chi connectivity index (χ0v) is 26.0. The van der Waals surface area contributed by atoms with Crippen LogP contribution in [0.3, 0.4) is 0 Å². The minimum atomic E-state index is 0.900. The maximum atomic E-state index is 5.20. The van der Waals surface area contributed by atoms with Crippen molar-refractivity contribution in [2.24, 2.45) is 0 Å². The lowest BCUT2D eigenvalue weighted by molar-refractivity contribution is 0.989. The highest BCUT2D eigenvalue weighted by molar-refractivity contribution is 6.33. The molecule has 0 N–H and O–H groups in total. The first-order chi connectivity index (χ1) is 23.2. The average molecular weight is 604 g/mol. The van der Waals surface area contributed by atoms with Gasteiger partial charge in [-0.1, -0.05) is 60.7 Å². The van der Waals surface area contributed by atoms with Gasteiger partial charge >= 0.3 is 0 Å². The number of aromatic nitrogens is 5. The van der Waals surface area contributed by atoms with Crippen molar-refractivity contribution < 1.29 is 0 Å². The number of aryl methyl sites for hydroxylation is 1. The summed E-state index contributed by atoms with van der Waals surface area (Å²) in [7, 11) is 0. The quantitative estimate of drug-likeness (QED) is 0.188. The highest BCUT2D eigenvalue weighted by Gasteiger charge is 2.22. The largest absolute Gasteiger partial charge is 0.298 e. The van der Waals surface area contributed by atoms with Crippen LogP contribution in [0.5, 0.6) is 0 Å². The van der Waals surface area contributed by atoms with E-state index in [0.717, 1.165) is 39.6 Å². The molecule has 9 rings (SSSR count). The molecule has 0 spiro atoms. The summed E-state index contributed by atoms with van der Waals surface area (Å²) in [6.07, 6.45) is 7.25. The fraction of sp³-hybridized carbons (Fsp3) is 0.0476. The van der Waals surface area contributed by atoms with Gasteiger partial charge in [-0.3, -0.25) is 14.5 Å². The lowest BCUT2D eigenvalue weighted by atomic mass is 9.89. The van der Waals surface area contributed by atoms with E-state index >= 15 is 0 Å². The van der Waals surface area contributed by atoms with Gasteiger partial charge in [0, 0.05) is 57.9 Å². The minimum Gasteiger partial charge on any atom is -0.298 e. The first-order valence-electron chi connectivity index (χ1n) is 15.8. The summed E-state index contributed by atoms with van der Waals surface area (Å²) in [4.78, 5) is 18.8. The molecule has 0 aliphatic rings. The molecule has 5 aromatic heterocycles. The molecule has 0 fully saturated rings. The summed E-state index contributed by atoms with van der Waals surface area (Å²) >= 11 is 0. The average Bonchev–Trinajstić information content (AvgIpc) is 3.41. The lowest BCUT2D eigenvalue weighted by Gasteiger charge is -2.16. The third-order valence-corrected chi connectivity index (χ3v) is 9.42. The van der Waals surface area contributed by atoms with E-state index in [0.29, 0.717) is 0 Å². The number of rotatable bonds is 4. The Morgan fingerprint density at radius 2 is 1.04 bits per heavy atom. The fourth-order valence-corrected chi connectivity index (χ4v) is 7.15. The third-order valence-electron chi connectivity index (χ3n) is 9.42. The zero-order valence-electron chi connectivity index (χ0n) is 26.0. The third kappa shape index (κ3) is 4.24. The molecule has 0 saturated carbocycles. The van der Waals surface area contributed by atoms with Crippen molar-refractivity contribution in [1.82, 2.24) is 24.5 Å². The SMILES string of the molecule is Cc1c(C)n(-c2cccc(-c3ccncc3)n2)c2c3ccccc3c3cc(-c4cccc(-c5ccncc5)n4)c4ccccc4c3c12. The highest BCUT2D eigenvalue weighted by Crippen LogP contribution is 2.45. The van der Waals surface area contributed by atoms with Gasteiger partial charge in [-0.25, -0.2) is 9.97 Å². The Bertz CT molecular complexity index is 2640. The van der Waals surface area contributed by atoms with Gasteiger partial charge in [0.15, 0.2) is 0 Å². The van der Waals surface area contributed by atoms with Gasteiger partial charge in [-0.2, -0.15) is 0 Å². The van der Waals surface area contributed by atoms with E-state index in [1.165, 1.54) is 54.5 Å². The van der Waals surface area contributed by atoms with Gasteiger partial charge in [0.05, 0.1) is 22.6 Å². The molecule has 0 amide bonds. The van der Waals surface area contributed by atoms with Crippen LogP contribution in [0.2, 0.25) is 0 Å². The van der Waals surface area contributed by atoms with Crippen molar-refractivity contribution in [1.29, 1.82) is 0 Å². The number of pyridine rings is 4. The van der Waals surface area contributed by atoms with Crippen LogP contribution >= 0.6 is 0 Å². The Hall–Kier alpha value is -6.20. The molecule has 0 unspecified atom stereocenters. The van der Waals surface area contributed by atoms with Crippen molar-refractivity contribution in [2.45, 2.75) is 13.8 Å². The van der Waals surface area contributed by atoms with E-state index in [1.807, 2.05) is 49.1 Å². The number of hydrogen-bond acceptors (Lipinski definition) is 4. The maximum absolute atomic E-state index is 5.20. The molecular weight excluding hydrogens is 574 g/mol. The van der Waals surface area contributed by atoms with E-state index in [1.54, 1.807) is 0 Å². The Labute approximate surface area is 271 Å². The van der Waals surface area contributed by atoms with Crippen LogP contribution in [0.4, 0.5) is 0 Å². The summed E-state index contributed by atoms with van der Waals surface area (Å²) in [5.41, 5.74) is 9.62. The van der Waals surface area contributed by atoms with Crippen LogP contribution in [0, 0.1) is 13.8 Å². The van der Waals surface area contributed by atoms with Gasteiger partial charge in [0.1, 0.15) is 5.82 Å². The smallest absolute Gasteiger partial charge is 0.138 e. The molecule has 5 heterocycles. The Balaban J connectivity index is 1.38. The van der Waals surface area contributed by atoms with Gasteiger partial charge in [0.25, 0.3) is 0 Å². The molecule has 47 heavy (non-hydrogen) atoms. The number of benzene rings is 4. The maximum Gasteiger partial charge on any atom is 0.138 e. The summed E-state index contributed by atoms with van der Waals surface area (Å²) < 4.78 is 2.35. The topological polar surface area (TPSA) is 56.5 Å². The standard InChI is InChI=1S/C42H29N5/c1-26-27(2)47(39-16-8-14-37(46-39)29-19-23-44-24-20-29)42-33-12-6-4-10-31(33)35-25-34(30-9-3-5-11-32(30)41(35)40(26)42)38-15-7-13-36(45-38)28-17-21-43-22-18-28/h3-25H,1-2H3. The molecule has 0 saturated heterocycles. The minimum absolute atomic E-state index is 0.900. The van der Waals surface area contributed by atoms with Crippen LogP contribution in [0.1, 0.15) is 11.3 Å². The molecule has 0 bridgehead atoms. The summed E-state index contributed by atoms with van der Waals surface area (Å²) in [6, 6.07) is 40.5. The molecule has 5 heteroatoms. The fourth-order valence-electron chi connectivity index (χ4n) is 7.15. The van der Waals surface area contributed by atoms with Gasteiger partial charge < -0.3 is 0 Å². The predicted octanol–water partition coefficient (Wildman–Crippen LogP) is 10.3. The first kappa shape index (κ1) is 27.1. The summed E-state index contributed by atoms with van der Waals surface area (Å²) in [6.45, 7) is 4.46. The number of fused-ring (bicyclic) bond motifs is 8. The van der Waals surface area contributed by atoms with Gasteiger partial charge in [0.2, 0.25) is 0 Å². The van der Waals surface area contributed by atoms with Crippen molar-refractivity contribution in [3.05, 3.63) is 151 Å². The summed E-state index contributed by atoms with van der Waals surface area (Å²) in [5, 5.41) is 8.53. The second-order valence-electron chi connectivity index (χ2n) is 12.0. The molecule has 5 nitrogen and oxygen atoms in total. The van der Waals surface area contributed by atoms with Crippen LogP contribution in [0.25, 0.3) is 82.8 Å². The molecule has 222 valence electrons. The first-order valence-corrected chi connectivity index (χ1v) is 15.8. The van der Waals surface area contributed by atoms with Crippen LogP contribution in [0.15, 0.2) is 140 Å². The zero-order chi connectivity index (χ0) is 31.5. The number of hydrogen-bond donors (Lipinski definition) is 0. The molecule has 0 aliphatic carbocycles. The second kappa shape index (κ2) is 10.7. The van der Waals surface area contributed by atoms with Crippen LogP contribution in [-0.4, -0.2) is 24.5 Å². The van der Waals surface area contributed by atoms with Crippen molar-refractivity contribution in [3.8, 4) is 39.6 Å². The molecule has 0 aliphatic heterocycles. The Morgan fingerprint density at radius 3 is 1.74 bits per heavy atom. The second-order valence-corrected chi connectivity index (χ2v) is 12.0. The van der Waals surface area contributed by atoms with Gasteiger partial charge in [-0.05, 0) is 101 Å².